The summed E-state index contributed by atoms with van der Waals surface area (Å²) in [4.78, 5) is 8.39. The third-order valence-corrected chi connectivity index (χ3v) is 2.30. The maximum atomic E-state index is 5.87. The second kappa shape index (κ2) is 4.99. The van der Waals surface area contributed by atoms with Gasteiger partial charge in [-0.15, -0.1) is 0 Å². The lowest BCUT2D eigenvalue weighted by molar-refractivity contribution is 0.517. The van der Waals surface area contributed by atoms with E-state index in [1.54, 1.807) is 12.3 Å². The van der Waals surface area contributed by atoms with Gasteiger partial charge in [-0.05, 0) is 24.6 Å². The summed E-state index contributed by atoms with van der Waals surface area (Å²) in [6.45, 7) is 2.57. The van der Waals surface area contributed by atoms with Gasteiger partial charge in [0.2, 0.25) is 5.95 Å². The van der Waals surface area contributed by atoms with Crippen LogP contribution in [-0.2, 0) is 13.0 Å². The molecule has 2 aromatic heterocycles. The van der Waals surface area contributed by atoms with Crippen molar-refractivity contribution in [1.82, 2.24) is 9.97 Å². The first-order valence-corrected chi connectivity index (χ1v) is 5.45. The molecule has 0 saturated carbocycles. The van der Waals surface area contributed by atoms with Crippen molar-refractivity contribution >= 4 is 17.5 Å². The van der Waals surface area contributed by atoms with Crippen LogP contribution in [0.25, 0.3) is 0 Å². The molecule has 16 heavy (non-hydrogen) atoms. The third kappa shape index (κ3) is 2.73. The zero-order valence-electron chi connectivity index (χ0n) is 8.90. The van der Waals surface area contributed by atoms with Crippen LogP contribution in [0.3, 0.4) is 0 Å². The van der Waals surface area contributed by atoms with Gasteiger partial charge < -0.3 is 9.73 Å². The highest BCUT2D eigenvalue weighted by atomic mass is 35.5. The van der Waals surface area contributed by atoms with Crippen LogP contribution in [0, 0.1) is 0 Å². The number of aromatic nitrogens is 2. The highest BCUT2D eigenvalue weighted by Gasteiger charge is 2.02. The fraction of sp³-hybridized carbons (Fsp3) is 0.273. The van der Waals surface area contributed by atoms with Crippen LogP contribution in [0.1, 0.15) is 18.4 Å². The van der Waals surface area contributed by atoms with Crippen molar-refractivity contribution in [1.29, 1.82) is 0 Å². The first-order chi connectivity index (χ1) is 7.78. The smallest absolute Gasteiger partial charge is 0.224 e. The molecule has 0 amide bonds. The van der Waals surface area contributed by atoms with Crippen LogP contribution in [-0.4, -0.2) is 9.97 Å². The van der Waals surface area contributed by atoms with Gasteiger partial charge in [-0.25, -0.2) is 9.97 Å². The fourth-order valence-electron chi connectivity index (χ4n) is 1.30. The molecule has 5 heteroatoms. The number of nitrogens with one attached hydrogen (secondary N) is 1. The van der Waals surface area contributed by atoms with Gasteiger partial charge in [-0.3, -0.25) is 0 Å². The van der Waals surface area contributed by atoms with Crippen molar-refractivity contribution in [2.45, 2.75) is 19.9 Å². The van der Waals surface area contributed by atoms with Crippen molar-refractivity contribution in [3.05, 3.63) is 41.1 Å². The maximum Gasteiger partial charge on any atom is 0.224 e. The van der Waals surface area contributed by atoms with E-state index < -0.39 is 0 Å². The molecule has 0 saturated heterocycles. The van der Waals surface area contributed by atoms with Crippen molar-refractivity contribution in [2.75, 3.05) is 5.32 Å². The standard InChI is InChI=1S/C11H12ClN3O/c1-2-8-6-10(12)15-11(14-8)13-7-9-4-3-5-16-9/h3-6H,2,7H2,1H3,(H,13,14,15). The molecule has 0 atom stereocenters. The summed E-state index contributed by atoms with van der Waals surface area (Å²) in [6.07, 6.45) is 2.46. The van der Waals surface area contributed by atoms with Crippen LogP contribution < -0.4 is 5.32 Å². The molecule has 0 aliphatic rings. The van der Waals surface area contributed by atoms with Gasteiger partial charge in [-0.1, -0.05) is 18.5 Å². The van der Waals surface area contributed by atoms with Gasteiger partial charge in [0.15, 0.2) is 0 Å². The monoisotopic (exact) mass is 237 g/mol. The molecular weight excluding hydrogens is 226 g/mol. The van der Waals surface area contributed by atoms with Crippen LogP contribution >= 0.6 is 11.6 Å². The molecule has 2 heterocycles. The van der Waals surface area contributed by atoms with Gasteiger partial charge in [-0.2, -0.15) is 0 Å². The number of nitrogens with zero attached hydrogens (tertiary/aromatic N) is 2. The molecule has 0 aromatic carbocycles. The zero-order valence-corrected chi connectivity index (χ0v) is 9.66. The van der Waals surface area contributed by atoms with Crippen LogP contribution in [0.4, 0.5) is 5.95 Å². The van der Waals surface area contributed by atoms with Crippen LogP contribution in [0.5, 0.6) is 0 Å². The number of aryl methyl sites for hydroxylation is 1. The Labute approximate surface area is 98.7 Å². The summed E-state index contributed by atoms with van der Waals surface area (Å²) in [6, 6.07) is 5.49. The fourth-order valence-corrected chi connectivity index (χ4v) is 1.51. The zero-order chi connectivity index (χ0) is 11.4. The van der Waals surface area contributed by atoms with Gasteiger partial charge in [0.05, 0.1) is 12.8 Å². The Bertz CT molecular complexity index is 456. The lowest BCUT2D eigenvalue weighted by atomic mass is 10.3. The van der Waals surface area contributed by atoms with E-state index in [-0.39, 0.29) is 0 Å². The van der Waals surface area contributed by atoms with E-state index in [1.807, 2.05) is 19.1 Å². The van der Waals surface area contributed by atoms with E-state index in [0.717, 1.165) is 17.9 Å². The van der Waals surface area contributed by atoms with Gasteiger partial charge in [0.1, 0.15) is 10.9 Å². The first kappa shape index (κ1) is 11.0. The number of hydrogen-bond acceptors (Lipinski definition) is 4. The van der Waals surface area contributed by atoms with E-state index in [9.17, 15) is 0 Å². The molecule has 1 N–H and O–H groups in total. The second-order valence-electron chi connectivity index (χ2n) is 3.29. The molecular formula is C11H12ClN3O. The lowest BCUT2D eigenvalue weighted by Gasteiger charge is -2.04. The summed E-state index contributed by atoms with van der Waals surface area (Å²) in [5.74, 6) is 1.36. The van der Waals surface area contributed by atoms with E-state index >= 15 is 0 Å². The van der Waals surface area contributed by atoms with E-state index in [1.165, 1.54) is 0 Å². The van der Waals surface area contributed by atoms with E-state index in [2.05, 4.69) is 15.3 Å². The van der Waals surface area contributed by atoms with Gasteiger partial charge in [0.25, 0.3) is 0 Å². The molecule has 2 aromatic rings. The Hall–Kier alpha value is -1.55. The van der Waals surface area contributed by atoms with Crippen molar-refractivity contribution in [3.8, 4) is 0 Å². The predicted octanol–water partition coefficient (Wildman–Crippen LogP) is 2.90. The lowest BCUT2D eigenvalue weighted by Crippen LogP contribution is -2.04. The van der Waals surface area contributed by atoms with Crippen LogP contribution in [0.15, 0.2) is 28.9 Å². The summed E-state index contributed by atoms with van der Waals surface area (Å²) >= 11 is 5.87. The van der Waals surface area contributed by atoms with E-state index in [4.69, 9.17) is 16.0 Å². The van der Waals surface area contributed by atoms with Crippen LogP contribution in [0.2, 0.25) is 5.15 Å². The van der Waals surface area contributed by atoms with Crippen molar-refractivity contribution < 1.29 is 4.42 Å². The average molecular weight is 238 g/mol. The molecule has 0 unspecified atom stereocenters. The molecule has 84 valence electrons. The first-order valence-electron chi connectivity index (χ1n) is 5.07. The number of anilines is 1. The molecule has 0 aliphatic carbocycles. The number of rotatable bonds is 4. The second-order valence-corrected chi connectivity index (χ2v) is 3.68. The Kier molecular flexibility index (Phi) is 3.41. The molecule has 0 bridgehead atoms. The maximum absolute atomic E-state index is 5.87. The van der Waals surface area contributed by atoms with Crippen molar-refractivity contribution in [2.24, 2.45) is 0 Å². The summed E-state index contributed by atoms with van der Waals surface area (Å²) in [7, 11) is 0. The molecule has 4 nitrogen and oxygen atoms in total. The van der Waals surface area contributed by atoms with Crippen molar-refractivity contribution in [3.63, 3.8) is 0 Å². The minimum atomic E-state index is 0.453. The molecule has 0 aliphatic heterocycles. The molecule has 2 rings (SSSR count). The van der Waals surface area contributed by atoms with Gasteiger partial charge >= 0.3 is 0 Å². The highest BCUT2D eigenvalue weighted by Crippen LogP contribution is 2.12. The minimum Gasteiger partial charge on any atom is -0.467 e. The Morgan fingerprint density at radius 1 is 1.44 bits per heavy atom. The quantitative estimate of drug-likeness (QED) is 0.831. The molecule has 0 radical (unpaired) electrons. The van der Waals surface area contributed by atoms with E-state index in [0.29, 0.717) is 17.6 Å². The number of furan rings is 1. The SMILES string of the molecule is CCc1cc(Cl)nc(NCc2ccco2)n1. The van der Waals surface area contributed by atoms with Gasteiger partial charge in [0, 0.05) is 5.69 Å². The Morgan fingerprint density at radius 2 is 2.31 bits per heavy atom. The Balaban J connectivity index is 2.06. The normalized spacial score (nSPS) is 10.4. The Morgan fingerprint density at radius 3 is 3.00 bits per heavy atom. The molecule has 0 spiro atoms. The number of halogens is 1. The summed E-state index contributed by atoms with van der Waals surface area (Å²) in [5, 5.41) is 3.51. The largest absolute Gasteiger partial charge is 0.467 e. The number of hydrogen-bond donors (Lipinski definition) is 1. The highest BCUT2D eigenvalue weighted by molar-refractivity contribution is 6.29. The predicted molar refractivity (Wildman–Crippen MR) is 62.5 cm³/mol. The topological polar surface area (TPSA) is 51.0 Å². The summed E-state index contributed by atoms with van der Waals surface area (Å²) in [5.41, 5.74) is 0.918. The molecule has 0 fully saturated rings. The third-order valence-electron chi connectivity index (χ3n) is 2.11. The summed E-state index contributed by atoms with van der Waals surface area (Å²) < 4.78 is 5.19. The minimum absolute atomic E-state index is 0.453. The average Bonchev–Trinajstić information content (AvgIpc) is 2.78.